The van der Waals surface area contributed by atoms with Gasteiger partial charge in [0.2, 0.25) is 5.56 Å². The van der Waals surface area contributed by atoms with Gasteiger partial charge in [-0.2, -0.15) is 0 Å². The zero-order chi connectivity index (χ0) is 19.2. The number of nitrogens with zero attached hydrogens (tertiary/aromatic N) is 2. The van der Waals surface area contributed by atoms with Crippen LogP contribution in [-0.4, -0.2) is 49.1 Å². The van der Waals surface area contributed by atoms with E-state index in [9.17, 15) is 9.59 Å². The molecule has 1 aromatic heterocycles. The molecule has 6 heteroatoms. The molecule has 2 aromatic rings. The highest BCUT2D eigenvalue weighted by molar-refractivity contribution is 5.96. The average molecular weight is 367 g/mol. The molecule has 0 bridgehead atoms. The molecule has 1 spiro atoms. The number of aromatic amines is 1. The molecule has 6 nitrogen and oxygen atoms in total. The highest BCUT2D eigenvalue weighted by atomic mass is 16.5. The maximum Gasteiger partial charge on any atom is 0.255 e. The molecule has 0 atom stereocenters. The number of aromatic nitrogens is 1. The standard InChI is InChI=1S/C21H25N3O3/c1-14(2)19-17(8-9-18(25)22-19)20(26)24-12-21(13-24)10-23(11-21)15-4-6-16(27-3)7-5-15/h4-9,14H,10-13H2,1-3H3,(H,22,25). The summed E-state index contributed by atoms with van der Waals surface area (Å²) in [6, 6.07) is 11.2. The number of ether oxygens (including phenoxy) is 1. The maximum atomic E-state index is 12.9. The van der Waals surface area contributed by atoms with Crippen molar-refractivity contribution in [1.82, 2.24) is 9.88 Å². The van der Waals surface area contributed by atoms with E-state index in [2.05, 4.69) is 22.0 Å². The molecule has 0 aliphatic carbocycles. The number of nitrogens with one attached hydrogen (secondary N) is 1. The van der Waals surface area contributed by atoms with E-state index in [1.807, 2.05) is 30.9 Å². The molecule has 3 heterocycles. The topological polar surface area (TPSA) is 65.6 Å². The fraction of sp³-hybridized carbons (Fsp3) is 0.429. The minimum absolute atomic E-state index is 0.0171. The molecule has 1 N–H and O–H groups in total. The molecular formula is C21H25N3O3. The smallest absolute Gasteiger partial charge is 0.255 e. The zero-order valence-electron chi connectivity index (χ0n) is 16.0. The van der Waals surface area contributed by atoms with E-state index < -0.39 is 0 Å². The summed E-state index contributed by atoms with van der Waals surface area (Å²) in [6.45, 7) is 7.44. The third-order valence-corrected chi connectivity index (χ3v) is 5.59. The van der Waals surface area contributed by atoms with Crippen molar-refractivity contribution in [2.45, 2.75) is 19.8 Å². The number of amides is 1. The molecule has 2 aliphatic rings. The number of H-pyrrole nitrogens is 1. The Bertz CT molecular complexity index is 903. The van der Waals surface area contributed by atoms with Gasteiger partial charge in [-0.1, -0.05) is 13.8 Å². The lowest BCUT2D eigenvalue weighted by Crippen LogP contribution is -2.73. The zero-order valence-corrected chi connectivity index (χ0v) is 16.0. The second-order valence-electron chi connectivity index (χ2n) is 8.02. The van der Waals surface area contributed by atoms with Crippen LogP contribution in [0.3, 0.4) is 0 Å². The van der Waals surface area contributed by atoms with E-state index in [4.69, 9.17) is 4.74 Å². The minimum atomic E-state index is -0.163. The molecule has 0 radical (unpaired) electrons. The summed E-state index contributed by atoms with van der Waals surface area (Å²) in [7, 11) is 1.67. The molecule has 1 aromatic carbocycles. The second kappa shape index (κ2) is 6.44. The van der Waals surface area contributed by atoms with Crippen LogP contribution in [0.5, 0.6) is 5.75 Å². The van der Waals surface area contributed by atoms with E-state index in [-0.39, 0.29) is 22.8 Å². The summed E-state index contributed by atoms with van der Waals surface area (Å²) in [4.78, 5) is 31.5. The third kappa shape index (κ3) is 3.09. The van der Waals surface area contributed by atoms with Crippen LogP contribution in [-0.2, 0) is 0 Å². The van der Waals surface area contributed by atoms with Gasteiger partial charge >= 0.3 is 0 Å². The first kappa shape index (κ1) is 17.6. The SMILES string of the molecule is COc1ccc(N2CC3(CN(C(=O)c4ccc(=O)[nH]c4C(C)C)C3)C2)cc1. The van der Waals surface area contributed by atoms with Crippen molar-refractivity contribution >= 4 is 11.6 Å². The Kier molecular flexibility index (Phi) is 4.21. The summed E-state index contributed by atoms with van der Waals surface area (Å²) >= 11 is 0. The molecule has 4 rings (SSSR count). The second-order valence-corrected chi connectivity index (χ2v) is 8.02. The van der Waals surface area contributed by atoms with Crippen LogP contribution in [0.25, 0.3) is 0 Å². The molecule has 27 heavy (non-hydrogen) atoms. The van der Waals surface area contributed by atoms with Gasteiger partial charge in [0.1, 0.15) is 5.75 Å². The first-order chi connectivity index (χ1) is 12.9. The van der Waals surface area contributed by atoms with Crippen molar-refractivity contribution in [2.75, 3.05) is 38.2 Å². The van der Waals surface area contributed by atoms with Crippen LogP contribution in [0, 0.1) is 5.41 Å². The number of likely N-dealkylation sites (tertiary alicyclic amines) is 1. The van der Waals surface area contributed by atoms with Gasteiger partial charge in [0.15, 0.2) is 0 Å². The van der Waals surface area contributed by atoms with Gasteiger partial charge < -0.3 is 19.5 Å². The number of rotatable bonds is 4. The van der Waals surface area contributed by atoms with Crippen molar-refractivity contribution in [2.24, 2.45) is 5.41 Å². The van der Waals surface area contributed by atoms with Gasteiger partial charge in [-0.25, -0.2) is 0 Å². The fourth-order valence-corrected chi connectivity index (χ4v) is 4.15. The molecule has 142 valence electrons. The normalized spacial score (nSPS) is 17.6. The third-order valence-electron chi connectivity index (χ3n) is 5.59. The summed E-state index contributed by atoms with van der Waals surface area (Å²) in [5.74, 6) is 0.974. The van der Waals surface area contributed by atoms with Crippen molar-refractivity contribution in [3.8, 4) is 5.75 Å². The first-order valence-corrected chi connectivity index (χ1v) is 9.32. The van der Waals surface area contributed by atoms with Crippen LogP contribution in [0.15, 0.2) is 41.2 Å². The number of benzene rings is 1. The minimum Gasteiger partial charge on any atom is -0.497 e. The number of carbonyl (C=O) groups is 1. The van der Waals surface area contributed by atoms with Crippen LogP contribution in [0.4, 0.5) is 5.69 Å². The quantitative estimate of drug-likeness (QED) is 0.902. The van der Waals surface area contributed by atoms with E-state index in [0.29, 0.717) is 5.56 Å². The maximum absolute atomic E-state index is 12.9. The molecule has 2 saturated heterocycles. The summed E-state index contributed by atoms with van der Waals surface area (Å²) < 4.78 is 5.21. The Hall–Kier alpha value is -2.76. The number of methoxy groups -OCH3 is 1. The molecular weight excluding hydrogens is 342 g/mol. The van der Waals surface area contributed by atoms with Gasteiger partial charge in [-0.05, 0) is 36.2 Å². The van der Waals surface area contributed by atoms with Gasteiger partial charge in [-0.15, -0.1) is 0 Å². The number of pyridine rings is 1. The lowest BCUT2D eigenvalue weighted by Gasteiger charge is -2.61. The summed E-state index contributed by atoms with van der Waals surface area (Å²) in [5, 5.41) is 0. The molecule has 2 fully saturated rings. The number of hydrogen-bond acceptors (Lipinski definition) is 4. The Morgan fingerprint density at radius 3 is 2.33 bits per heavy atom. The fourth-order valence-electron chi connectivity index (χ4n) is 4.15. The van der Waals surface area contributed by atoms with Gasteiger partial charge in [0.25, 0.3) is 5.91 Å². The van der Waals surface area contributed by atoms with E-state index in [0.717, 1.165) is 37.6 Å². The Morgan fingerprint density at radius 2 is 1.74 bits per heavy atom. The van der Waals surface area contributed by atoms with E-state index >= 15 is 0 Å². The van der Waals surface area contributed by atoms with Crippen molar-refractivity contribution in [1.29, 1.82) is 0 Å². The highest BCUT2D eigenvalue weighted by Gasteiger charge is 2.53. The largest absolute Gasteiger partial charge is 0.497 e. The van der Waals surface area contributed by atoms with Crippen LogP contribution >= 0.6 is 0 Å². The Labute approximate surface area is 158 Å². The average Bonchev–Trinajstić information content (AvgIpc) is 2.59. The molecule has 1 amide bonds. The lowest BCUT2D eigenvalue weighted by atomic mass is 9.72. The van der Waals surface area contributed by atoms with Crippen molar-refractivity contribution in [3.05, 3.63) is 58.0 Å². The van der Waals surface area contributed by atoms with Gasteiger partial charge in [0, 0.05) is 49.0 Å². The Balaban J connectivity index is 1.39. The Morgan fingerprint density at radius 1 is 1.07 bits per heavy atom. The van der Waals surface area contributed by atoms with Gasteiger partial charge in [-0.3, -0.25) is 9.59 Å². The van der Waals surface area contributed by atoms with Crippen LogP contribution in [0.2, 0.25) is 0 Å². The summed E-state index contributed by atoms with van der Waals surface area (Å²) in [5.41, 5.74) is 2.57. The lowest BCUT2D eigenvalue weighted by molar-refractivity contribution is -0.0106. The van der Waals surface area contributed by atoms with Crippen molar-refractivity contribution < 1.29 is 9.53 Å². The van der Waals surface area contributed by atoms with Crippen LogP contribution in [0.1, 0.15) is 35.8 Å². The molecule has 2 aliphatic heterocycles. The predicted molar refractivity (Wildman–Crippen MR) is 105 cm³/mol. The molecule has 0 saturated carbocycles. The monoisotopic (exact) mass is 367 g/mol. The van der Waals surface area contributed by atoms with Crippen molar-refractivity contribution in [3.63, 3.8) is 0 Å². The predicted octanol–water partition coefficient (Wildman–Crippen LogP) is 2.47. The number of carbonyl (C=O) groups excluding carboxylic acids is 1. The number of anilines is 1. The number of hydrogen-bond donors (Lipinski definition) is 1. The van der Waals surface area contributed by atoms with Gasteiger partial charge in [0.05, 0.1) is 12.7 Å². The summed E-state index contributed by atoms with van der Waals surface area (Å²) in [6.07, 6.45) is 0. The van der Waals surface area contributed by atoms with E-state index in [1.54, 1.807) is 13.2 Å². The van der Waals surface area contributed by atoms with E-state index in [1.165, 1.54) is 11.8 Å². The molecule has 0 unspecified atom stereocenters. The van der Waals surface area contributed by atoms with Crippen LogP contribution < -0.4 is 15.2 Å². The highest BCUT2D eigenvalue weighted by Crippen LogP contribution is 2.42. The first-order valence-electron chi connectivity index (χ1n) is 9.32.